The summed E-state index contributed by atoms with van der Waals surface area (Å²) in [5, 5.41) is 0. The van der Waals surface area contributed by atoms with Crippen LogP contribution in [0.2, 0.25) is 0 Å². The number of nitrogens with two attached hydrogens (primary N) is 1. The summed E-state index contributed by atoms with van der Waals surface area (Å²) in [6.45, 7) is 3.01. The second kappa shape index (κ2) is 4.90. The molecule has 0 unspecified atom stereocenters. The lowest BCUT2D eigenvalue weighted by molar-refractivity contribution is 0.596. The highest BCUT2D eigenvalue weighted by Crippen LogP contribution is 2.45. The highest BCUT2D eigenvalue weighted by Gasteiger charge is 2.34. The van der Waals surface area contributed by atoms with Crippen molar-refractivity contribution >= 4 is 5.82 Å². The van der Waals surface area contributed by atoms with E-state index in [0.717, 1.165) is 23.8 Å². The third-order valence-corrected chi connectivity index (χ3v) is 4.90. The van der Waals surface area contributed by atoms with Crippen LogP contribution >= 0.6 is 0 Å². The van der Waals surface area contributed by atoms with Crippen molar-refractivity contribution in [2.24, 2.45) is 0 Å². The molecule has 0 amide bonds. The molecule has 112 valence electrons. The summed E-state index contributed by atoms with van der Waals surface area (Å²) in [5.41, 5.74) is 8.47. The average Bonchev–Trinajstić information content (AvgIpc) is 2.95. The van der Waals surface area contributed by atoms with E-state index in [1.165, 1.54) is 44.3 Å². The maximum absolute atomic E-state index is 6.49. The number of aromatic nitrogens is 4. The number of nitrogen functional groups attached to an aromatic ring is 1. The summed E-state index contributed by atoms with van der Waals surface area (Å²) in [7, 11) is 0. The van der Waals surface area contributed by atoms with Gasteiger partial charge in [-0.25, -0.2) is 9.97 Å². The summed E-state index contributed by atoms with van der Waals surface area (Å²) in [4.78, 5) is 9.25. The Morgan fingerprint density at radius 3 is 2.67 bits per heavy atom. The Morgan fingerprint density at radius 1 is 1.24 bits per heavy atom. The normalized spacial score (nSPS) is 19.5. The van der Waals surface area contributed by atoms with Crippen LogP contribution in [0.3, 0.4) is 0 Å². The molecule has 0 bridgehead atoms. The lowest BCUT2D eigenvalue weighted by Crippen LogP contribution is -2.08. The number of nitrogens with zero attached hydrogens (tertiary/aromatic N) is 4. The van der Waals surface area contributed by atoms with Crippen LogP contribution in [0, 0.1) is 0 Å². The fourth-order valence-electron chi connectivity index (χ4n) is 3.61. The van der Waals surface area contributed by atoms with Gasteiger partial charge in [0.05, 0.1) is 18.2 Å². The van der Waals surface area contributed by atoms with Gasteiger partial charge < -0.3 is 14.9 Å². The van der Waals surface area contributed by atoms with E-state index in [0.29, 0.717) is 12.0 Å². The standard InChI is InChI=1S/C16H23N5/c1-2-20-10-18-9-13(20)14-15(17)21(12-7-8-12)16(19-14)11-5-3-4-6-11/h9-12H,2-8,17H2,1H3. The van der Waals surface area contributed by atoms with Crippen molar-refractivity contribution in [1.82, 2.24) is 19.1 Å². The molecule has 2 aliphatic carbocycles. The number of anilines is 1. The van der Waals surface area contributed by atoms with E-state index in [1.54, 1.807) is 0 Å². The number of rotatable bonds is 4. The molecular formula is C16H23N5. The lowest BCUT2D eigenvalue weighted by Gasteiger charge is -2.12. The topological polar surface area (TPSA) is 61.7 Å². The van der Waals surface area contributed by atoms with Crippen LogP contribution in [-0.4, -0.2) is 19.1 Å². The van der Waals surface area contributed by atoms with E-state index in [9.17, 15) is 0 Å². The molecule has 2 fully saturated rings. The molecule has 2 N–H and O–H groups in total. The summed E-state index contributed by atoms with van der Waals surface area (Å²) in [6, 6.07) is 0.583. The smallest absolute Gasteiger partial charge is 0.133 e. The van der Waals surface area contributed by atoms with Crippen LogP contribution in [0.25, 0.3) is 11.4 Å². The number of imidazole rings is 2. The third kappa shape index (κ3) is 2.06. The first-order valence-electron chi connectivity index (χ1n) is 8.17. The van der Waals surface area contributed by atoms with Gasteiger partial charge in [-0.15, -0.1) is 0 Å². The Balaban J connectivity index is 1.83. The van der Waals surface area contributed by atoms with E-state index in [4.69, 9.17) is 10.7 Å². The fourth-order valence-corrected chi connectivity index (χ4v) is 3.61. The van der Waals surface area contributed by atoms with Crippen LogP contribution in [0.4, 0.5) is 5.82 Å². The molecule has 0 aliphatic heterocycles. The highest BCUT2D eigenvalue weighted by molar-refractivity contribution is 5.68. The predicted octanol–water partition coefficient (Wildman–Crippen LogP) is 3.34. The summed E-state index contributed by atoms with van der Waals surface area (Å²) >= 11 is 0. The van der Waals surface area contributed by atoms with E-state index < -0.39 is 0 Å². The zero-order valence-corrected chi connectivity index (χ0v) is 12.6. The van der Waals surface area contributed by atoms with E-state index in [-0.39, 0.29) is 0 Å². The first-order valence-corrected chi connectivity index (χ1v) is 8.17. The molecule has 0 atom stereocenters. The van der Waals surface area contributed by atoms with Crippen LogP contribution in [0.1, 0.15) is 63.2 Å². The maximum atomic E-state index is 6.49. The monoisotopic (exact) mass is 285 g/mol. The van der Waals surface area contributed by atoms with Crippen LogP contribution in [0.5, 0.6) is 0 Å². The molecule has 0 saturated heterocycles. The van der Waals surface area contributed by atoms with Crippen molar-refractivity contribution in [3.8, 4) is 11.4 Å². The molecule has 5 nitrogen and oxygen atoms in total. The fraction of sp³-hybridized carbons (Fsp3) is 0.625. The Morgan fingerprint density at radius 2 is 2.00 bits per heavy atom. The van der Waals surface area contributed by atoms with Crippen molar-refractivity contribution < 1.29 is 0 Å². The van der Waals surface area contributed by atoms with Crippen molar-refractivity contribution in [2.45, 2.75) is 64.0 Å². The second-order valence-corrected chi connectivity index (χ2v) is 6.35. The first kappa shape index (κ1) is 12.9. The molecule has 0 aromatic carbocycles. The first-order chi connectivity index (χ1) is 10.3. The molecule has 0 spiro atoms. The minimum Gasteiger partial charge on any atom is -0.383 e. The molecule has 2 aromatic heterocycles. The lowest BCUT2D eigenvalue weighted by atomic mass is 10.1. The minimum atomic E-state index is 0.583. The Hall–Kier alpha value is -1.78. The Kier molecular flexibility index (Phi) is 3.01. The van der Waals surface area contributed by atoms with Gasteiger partial charge in [0.15, 0.2) is 0 Å². The Labute approximate surface area is 125 Å². The van der Waals surface area contributed by atoms with E-state index >= 15 is 0 Å². The van der Waals surface area contributed by atoms with Crippen LogP contribution in [-0.2, 0) is 6.54 Å². The number of aryl methyl sites for hydroxylation is 1. The Bertz CT molecular complexity index is 644. The van der Waals surface area contributed by atoms with Gasteiger partial charge in [-0.2, -0.15) is 0 Å². The largest absolute Gasteiger partial charge is 0.383 e. The number of hydrogen-bond acceptors (Lipinski definition) is 3. The maximum Gasteiger partial charge on any atom is 0.133 e. The minimum absolute atomic E-state index is 0.583. The molecule has 0 radical (unpaired) electrons. The average molecular weight is 285 g/mol. The van der Waals surface area contributed by atoms with Gasteiger partial charge in [-0.05, 0) is 32.6 Å². The zero-order valence-electron chi connectivity index (χ0n) is 12.6. The molecule has 2 heterocycles. The summed E-state index contributed by atoms with van der Waals surface area (Å²) < 4.78 is 4.45. The van der Waals surface area contributed by atoms with Crippen LogP contribution in [0.15, 0.2) is 12.5 Å². The van der Waals surface area contributed by atoms with Gasteiger partial charge in [0.1, 0.15) is 17.3 Å². The molecule has 5 heteroatoms. The van der Waals surface area contributed by atoms with Gasteiger partial charge >= 0.3 is 0 Å². The van der Waals surface area contributed by atoms with Crippen LogP contribution < -0.4 is 5.73 Å². The molecule has 2 aliphatic rings. The van der Waals surface area contributed by atoms with E-state index in [1.807, 2.05) is 12.5 Å². The molecule has 4 rings (SSSR count). The van der Waals surface area contributed by atoms with Crippen molar-refractivity contribution in [3.63, 3.8) is 0 Å². The zero-order chi connectivity index (χ0) is 14.4. The van der Waals surface area contributed by atoms with Gasteiger partial charge in [0, 0.05) is 18.5 Å². The SMILES string of the molecule is CCn1cncc1-c1nc(C2CCCC2)n(C2CC2)c1N. The molecule has 2 saturated carbocycles. The second-order valence-electron chi connectivity index (χ2n) is 6.35. The number of hydrogen-bond donors (Lipinski definition) is 1. The van der Waals surface area contributed by atoms with Gasteiger partial charge in [0.2, 0.25) is 0 Å². The molecule has 21 heavy (non-hydrogen) atoms. The summed E-state index contributed by atoms with van der Waals surface area (Å²) in [5.74, 6) is 2.67. The van der Waals surface area contributed by atoms with Gasteiger partial charge in [0.25, 0.3) is 0 Å². The van der Waals surface area contributed by atoms with E-state index in [2.05, 4.69) is 21.0 Å². The van der Waals surface area contributed by atoms with Crippen molar-refractivity contribution in [2.75, 3.05) is 5.73 Å². The van der Waals surface area contributed by atoms with Crippen molar-refractivity contribution in [1.29, 1.82) is 0 Å². The molecule has 2 aromatic rings. The highest BCUT2D eigenvalue weighted by atomic mass is 15.2. The quantitative estimate of drug-likeness (QED) is 0.937. The van der Waals surface area contributed by atoms with Crippen molar-refractivity contribution in [3.05, 3.63) is 18.3 Å². The third-order valence-electron chi connectivity index (χ3n) is 4.90. The molecular weight excluding hydrogens is 262 g/mol. The van der Waals surface area contributed by atoms with Gasteiger partial charge in [-0.1, -0.05) is 12.8 Å². The van der Waals surface area contributed by atoms with Gasteiger partial charge in [-0.3, -0.25) is 0 Å². The summed E-state index contributed by atoms with van der Waals surface area (Å²) in [6.07, 6.45) is 11.4. The predicted molar refractivity (Wildman–Crippen MR) is 83.0 cm³/mol.